The van der Waals surface area contributed by atoms with Crippen molar-refractivity contribution >= 4 is 39.5 Å². The summed E-state index contributed by atoms with van der Waals surface area (Å²) >= 11 is 0. The summed E-state index contributed by atoms with van der Waals surface area (Å²) in [6, 6.07) is 0. The molecule has 0 aliphatic rings. The van der Waals surface area contributed by atoms with E-state index in [4.69, 9.17) is 37.0 Å². The van der Waals surface area contributed by atoms with Gasteiger partial charge in [0.25, 0.3) is 0 Å². The topological polar surface area (TPSA) is 237 Å². The largest absolute Gasteiger partial charge is 0.472 e. The van der Waals surface area contributed by atoms with Gasteiger partial charge in [-0.3, -0.25) is 37.3 Å². The van der Waals surface area contributed by atoms with Gasteiger partial charge in [0, 0.05) is 25.7 Å². The van der Waals surface area contributed by atoms with Gasteiger partial charge in [-0.15, -0.1) is 0 Å². The molecule has 3 N–H and O–H groups in total. The van der Waals surface area contributed by atoms with Crippen LogP contribution in [0.5, 0.6) is 0 Å². The second kappa shape index (κ2) is 72.6. The smallest absolute Gasteiger partial charge is 0.462 e. The van der Waals surface area contributed by atoms with Crippen LogP contribution in [0.2, 0.25) is 0 Å². The van der Waals surface area contributed by atoms with Crippen molar-refractivity contribution in [2.75, 3.05) is 39.6 Å². The maximum atomic E-state index is 13.1. The van der Waals surface area contributed by atoms with Gasteiger partial charge in [-0.25, -0.2) is 9.13 Å². The predicted octanol–water partition coefficient (Wildman–Crippen LogP) is 24.3. The Labute approximate surface area is 613 Å². The molecule has 0 amide bonds. The van der Waals surface area contributed by atoms with Gasteiger partial charge < -0.3 is 33.8 Å². The van der Waals surface area contributed by atoms with Crippen LogP contribution in [-0.2, 0) is 65.4 Å². The Morgan fingerprint density at radius 1 is 0.270 bits per heavy atom. The molecule has 0 aromatic heterocycles. The summed E-state index contributed by atoms with van der Waals surface area (Å²) in [5.41, 5.74) is 0. The van der Waals surface area contributed by atoms with Crippen molar-refractivity contribution in [3.8, 4) is 0 Å². The van der Waals surface area contributed by atoms with E-state index < -0.39 is 97.5 Å². The number of phosphoric acid groups is 2. The average Bonchev–Trinajstić information content (AvgIpc) is 0.917. The predicted molar refractivity (Wildman–Crippen MR) is 409 cm³/mol. The van der Waals surface area contributed by atoms with E-state index in [0.29, 0.717) is 25.7 Å². The molecule has 0 heterocycles. The molecule has 100 heavy (non-hydrogen) atoms. The Hall–Kier alpha value is -1.94. The monoisotopic (exact) mass is 1470 g/mol. The second-order valence-corrected chi connectivity index (χ2v) is 33.0. The first-order chi connectivity index (χ1) is 48.4. The summed E-state index contributed by atoms with van der Waals surface area (Å²) in [7, 11) is -9.92. The number of esters is 4. The van der Waals surface area contributed by atoms with Gasteiger partial charge in [0.2, 0.25) is 0 Å². The van der Waals surface area contributed by atoms with Crippen LogP contribution in [0.4, 0.5) is 0 Å². The molecule has 0 aliphatic carbocycles. The fourth-order valence-electron chi connectivity index (χ4n) is 12.5. The Bertz CT molecular complexity index is 1920. The summed E-state index contributed by atoms with van der Waals surface area (Å²) in [4.78, 5) is 73.1. The van der Waals surface area contributed by atoms with Gasteiger partial charge in [0.15, 0.2) is 12.2 Å². The van der Waals surface area contributed by atoms with Crippen molar-refractivity contribution in [3.05, 3.63) is 0 Å². The van der Waals surface area contributed by atoms with Gasteiger partial charge >= 0.3 is 39.5 Å². The summed E-state index contributed by atoms with van der Waals surface area (Å²) in [6.07, 6.45) is 62.4. The van der Waals surface area contributed by atoms with E-state index in [9.17, 15) is 43.2 Å². The average molecular weight is 1470 g/mol. The molecule has 594 valence electrons. The van der Waals surface area contributed by atoms with E-state index in [-0.39, 0.29) is 25.7 Å². The third-order valence-corrected chi connectivity index (χ3v) is 20.9. The standard InChI is InChI=1S/C81H158O17P2/c1-7-9-11-13-15-17-19-21-23-25-27-31-36-40-48-54-60-66-80(85)97-76(69-91-78(83)63-57-51-45-38-34-32-28-29-33-37-43-49-55-61-73(3)4)71-95-99(87,88)93-67-75(82)68-94-100(89,90)96-72-77(70-92-79(84)64-58-52-46-42-41-44-50-56-62-74(5)6)98-81(86)65-59-53-47-39-35-30-26-24-22-20-18-16-14-12-10-8-2/h73-77,82H,7-72H2,1-6H3,(H,87,88)(H,89,90)/t75-,76-,77-/m1/s1. The Kier molecular flexibility index (Phi) is 71.2. The fourth-order valence-corrected chi connectivity index (χ4v) is 14.1. The molecule has 2 unspecified atom stereocenters. The molecule has 0 aromatic carbocycles. The number of hydrogen-bond acceptors (Lipinski definition) is 15. The Morgan fingerprint density at radius 2 is 0.460 bits per heavy atom. The minimum absolute atomic E-state index is 0.108. The van der Waals surface area contributed by atoms with E-state index in [1.807, 2.05) is 0 Å². The van der Waals surface area contributed by atoms with Crippen LogP contribution < -0.4 is 0 Å². The summed E-state index contributed by atoms with van der Waals surface area (Å²) in [6.45, 7) is 9.63. The first-order valence-corrected chi connectivity index (χ1v) is 45.0. The number of carbonyl (C=O) groups is 4. The van der Waals surface area contributed by atoms with Crippen molar-refractivity contribution in [2.45, 2.75) is 445 Å². The van der Waals surface area contributed by atoms with Crippen LogP contribution in [-0.4, -0.2) is 96.7 Å². The molecule has 0 saturated heterocycles. The third kappa shape index (κ3) is 74.3. The van der Waals surface area contributed by atoms with Crippen molar-refractivity contribution in [3.63, 3.8) is 0 Å². The first kappa shape index (κ1) is 98.1. The highest BCUT2D eigenvalue weighted by molar-refractivity contribution is 7.47. The lowest BCUT2D eigenvalue weighted by Gasteiger charge is -2.21. The summed E-state index contributed by atoms with van der Waals surface area (Å²) in [5.74, 6) is -0.589. The minimum atomic E-state index is -4.96. The van der Waals surface area contributed by atoms with E-state index in [2.05, 4.69) is 41.5 Å². The number of aliphatic hydroxyl groups is 1. The Morgan fingerprint density at radius 3 is 0.680 bits per heavy atom. The zero-order chi connectivity index (χ0) is 73.5. The van der Waals surface area contributed by atoms with E-state index in [1.165, 1.54) is 244 Å². The highest BCUT2D eigenvalue weighted by Gasteiger charge is 2.30. The molecule has 0 rings (SSSR count). The quantitative estimate of drug-likeness (QED) is 0.0222. The molecule has 0 aliphatic heterocycles. The normalized spacial score (nSPS) is 13.9. The number of rotatable bonds is 80. The molecule has 0 spiro atoms. The Balaban J connectivity index is 5.26. The van der Waals surface area contributed by atoms with Crippen LogP contribution in [0.25, 0.3) is 0 Å². The number of phosphoric ester groups is 2. The fraction of sp³-hybridized carbons (Fsp3) is 0.951. The molecule has 0 aromatic rings. The van der Waals surface area contributed by atoms with Crippen molar-refractivity contribution in [2.24, 2.45) is 11.8 Å². The van der Waals surface area contributed by atoms with E-state index in [1.54, 1.807) is 0 Å². The minimum Gasteiger partial charge on any atom is -0.462 e. The molecule has 17 nitrogen and oxygen atoms in total. The van der Waals surface area contributed by atoms with Crippen molar-refractivity contribution < 1.29 is 80.2 Å². The van der Waals surface area contributed by atoms with Gasteiger partial charge in [0.05, 0.1) is 26.4 Å². The van der Waals surface area contributed by atoms with Gasteiger partial charge in [-0.05, 0) is 37.5 Å². The van der Waals surface area contributed by atoms with Gasteiger partial charge in [-0.1, -0.05) is 375 Å². The highest BCUT2D eigenvalue weighted by atomic mass is 31.2. The third-order valence-electron chi connectivity index (χ3n) is 19.0. The van der Waals surface area contributed by atoms with Crippen LogP contribution in [0.15, 0.2) is 0 Å². The number of hydrogen-bond donors (Lipinski definition) is 3. The van der Waals surface area contributed by atoms with E-state index in [0.717, 1.165) is 102 Å². The molecule has 0 saturated carbocycles. The molecular weight excluding hydrogens is 1310 g/mol. The molecule has 0 fully saturated rings. The maximum absolute atomic E-state index is 13.1. The van der Waals surface area contributed by atoms with E-state index >= 15 is 0 Å². The van der Waals surface area contributed by atoms with Gasteiger partial charge in [0.1, 0.15) is 19.3 Å². The number of ether oxygens (including phenoxy) is 4. The van der Waals surface area contributed by atoms with Crippen LogP contribution in [0.1, 0.15) is 427 Å². The summed E-state index contributed by atoms with van der Waals surface area (Å²) < 4.78 is 68.8. The van der Waals surface area contributed by atoms with Crippen LogP contribution in [0, 0.1) is 11.8 Å². The SMILES string of the molecule is CCCCCCCCCCCCCCCCCCCC(=O)O[C@H](COC(=O)CCCCCCCCCCCCCCCC(C)C)COP(=O)(O)OC[C@@H](O)COP(=O)(O)OC[C@@H](COC(=O)CCCCCCCCCCC(C)C)OC(=O)CCCCCCCCCCCCCCCCCC. The zero-order valence-corrected chi connectivity index (χ0v) is 67.3. The molecule has 5 atom stereocenters. The van der Waals surface area contributed by atoms with Gasteiger partial charge in [-0.2, -0.15) is 0 Å². The van der Waals surface area contributed by atoms with Crippen molar-refractivity contribution in [1.82, 2.24) is 0 Å². The number of unbranched alkanes of at least 4 members (excludes halogenated alkanes) is 50. The molecule has 0 radical (unpaired) electrons. The molecular formula is C81H158O17P2. The highest BCUT2D eigenvalue weighted by Crippen LogP contribution is 2.45. The van der Waals surface area contributed by atoms with Crippen molar-refractivity contribution in [1.29, 1.82) is 0 Å². The lowest BCUT2D eigenvalue weighted by atomic mass is 10.0. The molecule has 0 bridgehead atoms. The maximum Gasteiger partial charge on any atom is 0.472 e. The second-order valence-electron chi connectivity index (χ2n) is 30.1. The zero-order valence-electron chi connectivity index (χ0n) is 65.5. The first-order valence-electron chi connectivity index (χ1n) is 42.0. The molecule has 19 heteroatoms. The number of aliphatic hydroxyl groups excluding tert-OH is 1. The number of carbonyl (C=O) groups excluding carboxylic acids is 4. The summed E-state index contributed by atoms with van der Waals surface area (Å²) in [5, 5.41) is 10.6. The lowest BCUT2D eigenvalue weighted by molar-refractivity contribution is -0.161. The lowest BCUT2D eigenvalue weighted by Crippen LogP contribution is -2.30. The van der Waals surface area contributed by atoms with Crippen LogP contribution >= 0.6 is 15.6 Å². The van der Waals surface area contributed by atoms with Crippen LogP contribution in [0.3, 0.4) is 0 Å².